The highest BCUT2D eigenvalue weighted by Gasteiger charge is 2.29. The van der Waals surface area contributed by atoms with E-state index in [9.17, 15) is 4.79 Å². The van der Waals surface area contributed by atoms with Gasteiger partial charge in [0.1, 0.15) is 0 Å². The number of carbonyl (C=O) groups excluding carboxylic acids is 1. The van der Waals surface area contributed by atoms with Gasteiger partial charge in [-0.25, -0.2) is 9.78 Å². The summed E-state index contributed by atoms with van der Waals surface area (Å²) in [6, 6.07) is 2.30. The van der Waals surface area contributed by atoms with E-state index in [0.717, 1.165) is 37.0 Å². The van der Waals surface area contributed by atoms with Crippen molar-refractivity contribution >= 4 is 17.0 Å². The lowest BCUT2D eigenvalue weighted by Gasteiger charge is -2.32. The quantitative estimate of drug-likeness (QED) is 0.853. The molecule has 1 fully saturated rings. The van der Waals surface area contributed by atoms with Gasteiger partial charge in [0.15, 0.2) is 0 Å². The molecule has 0 unspecified atom stereocenters. The van der Waals surface area contributed by atoms with Crippen molar-refractivity contribution in [3.63, 3.8) is 0 Å². The van der Waals surface area contributed by atoms with Gasteiger partial charge in [-0.3, -0.25) is 4.98 Å². The third-order valence-corrected chi connectivity index (χ3v) is 4.02. The summed E-state index contributed by atoms with van der Waals surface area (Å²) in [5, 5.41) is 1.78. The second-order valence-electron chi connectivity index (χ2n) is 6.81. The molecule has 6 nitrogen and oxygen atoms in total. The number of rotatable bonds is 2. The van der Waals surface area contributed by atoms with Crippen LogP contribution >= 0.6 is 0 Å². The van der Waals surface area contributed by atoms with Gasteiger partial charge in [-0.1, -0.05) is 0 Å². The van der Waals surface area contributed by atoms with Crippen molar-refractivity contribution in [3.8, 4) is 0 Å². The zero-order valence-corrected chi connectivity index (χ0v) is 13.3. The van der Waals surface area contributed by atoms with Gasteiger partial charge in [0.25, 0.3) is 0 Å². The van der Waals surface area contributed by atoms with E-state index >= 15 is 0 Å². The Balaban J connectivity index is 1.64. The number of carbonyl (C=O) groups is 1. The first-order chi connectivity index (χ1) is 10.4. The minimum absolute atomic E-state index is 0.178. The zero-order chi connectivity index (χ0) is 15.7. The molecule has 1 aliphatic heterocycles. The van der Waals surface area contributed by atoms with E-state index < -0.39 is 5.41 Å². The lowest BCUT2D eigenvalue weighted by Crippen LogP contribution is -2.39. The van der Waals surface area contributed by atoms with Crippen molar-refractivity contribution in [3.05, 3.63) is 24.8 Å². The molecule has 0 bridgehead atoms. The predicted molar refractivity (Wildman–Crippen MR) is 82.9 cm³/mol. The van der Waals surface area contributed by atoms with Crippen LogP contribution < -0.4 is 0 Å². The Morgan fingerprint density at radius 3 is 2.73 bits per heavy atom. The van der Waals surface area contributed by atoms with E-state index in [1.807, 2.05) is 39.4 Å². The summed E-state index contributed by atoms with van der Waals surface area (Å²) in [7, 11) is 0. The summed E-state index contributed by atoms with van der Waals surface area (Å²) < 4.78 is 2.19. The maximum Gasteiger partial charge on any atom is 0.330 e. The van der Waals surface area contributed by atoms with Crippen LogP contribution in [-0.4, -0.2) is 38.7 Å². The maximum atomic E-state index is 11.9. The molecule has 0 spiro atoms. The van der Waals surface area contributed by atoms with Crippen LogP contribution in [0.3, 0.4) is 0 Å². The normalized spacial score (nSPS) is 17.8. The molecule has 0 radical (unpaired) electrons. The van der Waals surface area contributed by atoms with Crippen molar-refractivity contribution < 1.29 is 9.63 Å². The van der Waals surface area contributed by atoms with Crippen LogP contribution in [0.1, 0.15) is 39.7 Å². The van der Waals surface area contributed by atoms with Crippen LogP contribution in [0.15, 0.2) is 24.8 Å². The van der Waals surface area contributed by atoms with Gasteiger partial charge in [0.05, 0.1) is 29.0 Å². The summed E-state index contributed by atoms with van der Waals surface area (Å²) in [5.41, 5.74) is 1.56. The molecule has 2 aromatic rings. The molecular weight excluding hydrogens is 280 g/mol. The van der Waals surface area contributed by atoms with Gasteiger partial charge >= 0.3 is 5.97 Å². The molecule has 0 aliphatic carbocycles. The molecule has 0 amide bonds. The predicted octanol–water partition coefficient (Wildman–Crippen LogP) is 2.57. The second kappa shape index (κ2) is 5.68. The molecule has 3 rings (SSSR count). The number of fused-ring (bicyclic) bond motifs is 1. The molecule has 0 saturated carbocycles. The first-order valence-corrected chi connectivity index (χ1v) is 7.69. The van der Waals surface area contributed by atoms with Gasteiger partial charge < -0.3 is 9.40 Å². The SMILES string of the molecule is CC(C)(C)C(=O)ON1CCC(n2cnc3ccncc32)CC1. The van der Waals surface area contributed by atoms with Crippen LogP contribution in [0.5, 0.6) is 0 Å². The number of imidazole rings is 1. The molecule has 22 heavy (non-hydrogen) atoms. The average Bonchev–Trinajstić information content (AvgIpc) is 2.91. The Bertz CT molecular complexity index is 666. The topological polar surface area (TPSA) is 60.2 Å². The summed E-state index contributed by atoms with van der Waals surface area (Å²) in [6.07, 6.45) is 7.35. The van der Waals surface area contributed by atoms with Crippen LogP contribution in [0.2, 0.25) is 0 Å². The number of nitrogens with zero attached hydrogens (tertiary/aromatic N) is 4. The van der Waals surface area contributed by atoms with Gasteiger partial charge in [-0.05, 0) is 39.7 Å². The maximum absolute atomic E-state index is 11.9. The van der Waals surface area contributed by atoms with Crippen LogP contribution in [0, 0.1) is 5.41 Å². The van der Waals surface area contributed by atoms with Crippen molar-refractivity contribution in [2.75, 3.05) is 13.1 Å². The van der Waals surface area contributed by atoms with Gasteiger partial charge in [-0.15, -0.1) is 5.06 Å². The lowest BCUT2D eigenvalue weighted by molar-refractivity contribution is -0.205. The van der Waals surface area contributed by atoms with Crippen molar-refractivity contribution in [1.82, 2.24) is 19.6 Å². The molecule has 0 N–H and O–H groups in total. The summed E-state index contributed by atoms with van der Waals surface area (Å²) in [5.74, 6) is -0.178. The van der Waals surface area contributed by atoms with Gasteiger partial charge in [-0.2, -0.15) is 0 Å². The fraction of sp³-hybridized carbons (Fsp3) is 0.562. The molecule has 1 aliphatic rings. The van der Waals surface area contributed by atoms with E-state index in [2.05, 4.69) is 14.5 Å². The van der Waals surface area contributed by atoms with E-state index in [4.69, 9.17) is 4.84 Å². The number of hydrogen-bond donors (Lipinski definition) is 0. The molecular formula is C16H22N4O2. The largest absolute Gasteiger partial charge is 0.367 e. The first kappa shape index (κ1) is 15.0. The third-order valence-electron chi connectivity index (χ3n) is 4.02. The van der Waals surface area contributed by atoms with E-state index in [0.29, 0.717) is 6.04 Å². The fourth-order valence-electron chi connectivity index (χ4n) is 2.63. The summed E-state index contributed by atoms with van der Waals surface area (Å²) >= 11 is 0. The fourth-order valence-corrected chi connectivity index (χ4v) is 2.63. The standard InChI is InChI=1S/C16H22N4O2/c1-16(2,3)15(21)22-19-8-5-12(6-9-19)20-11-18-13-4-7-17-10-14(13)20/h4,7,10-12H,5-6,8-9H2,1-3H3. The molecule has 6 heteroatoms. The Hall–Kier alpha value is -1.95. The summed E-state index contributed by atoms with van der Waals surface area (Å²) in [6.45, 7) is 7.09. The zero-order valence-electron chi connectivity index (χ0n) is 13.3. The summed E-state index contributed by atoms with van der Waals surface area (Å²) in [4.78, 5) is 26.0. The minimum Gasteiger partial charge on any atom is -0.367 e. The molecule has 0 atom stereocenters. The van der Waals surface area contributed by atoms with Gasteiger partial charge in [0, 0.05) is 25.3 Å². The van der Waals surface area contributed by atoms with Gasteiger partial charge in [0.2, 0.25) is 0 Å². The van der Waals surface area contributed by atoms with Crippen molar-refractivity contribution in [1.29, 1.82) is 0 Å². The minimum atomic E-state index is -0.469. The number of hydrogen-bond acceptors (Lipinski definition) is 5. The second-order valence-corrected chi connectivity index (χ2v) is 6.81. The number of hydroxylamine groups is 2. The number of pyridine rings is 1. The van der Waals surface area contributed by atoms with Crippen molar-refractivity contribution in [2.45, 2.75) is 39.7 Å². The smallest absolute Gasteiger partial charge is 0.330 e. The number of aromatic nitrogens is 3. The Labute approximate surface area is 130 Å². The Morgan fingerprint density at radius 2 is 2.05 bits per heavy atom. The monoisotopic (exact) mass is 302 g/mol. The van der Waals surface area contributed by atoms with Crippen LogP contribution in [0.4, 0.5) is 0 Å². The van der Waals surface area contributed by atoms with Crippen molar-refractivity contribution in [2.24, 2.45) is 5.41 Å². The highest BCUT2D eigenvalue weighted by atomic mass is 16.7. The number of piperidine rings is 1. The van der Waals surface area contributed by atoms with Crippen LogP contribution in [-0.2, 0) is 9.63 Å². The average molecular weight is 302 g/mol. The molecule has 3 heterocycles. The lowest BCUT2D eigenvalue weighted by atomic mass is 9.98. The first-order valence-electron chi connectivity index (χ1n) is 7.69. The Kier molecular flexibility index (Phi) is 3.87. The molecule has 118 valence electrons. The van der Waals surface area contributed by atoms with Crippen LogP contribution in [0.25, 0.3) is 11.0 Å². The van der Waals surface area contributed by atoms with E-state index in [1.54, 1.807) is 11.3 Å². The third kappa shape index (κ3) is 2.97. The Morgan fingerprint density at radius 1 is 1.32 bits per heavy atom. The van der Waals surface area contributed by atoms with E-state index in [-0.39, 0.29) is 5.97 Å². The molecule has 0 aromatic carbocycles. The van der Waals surface area contributed by atoms with E-state index in [1.165, 1.54) is 0 Å². The highest BCUT2D eigenvalue weighted by Crippen LogP contribution is 2.27. The highest BCUT2D eigenvalue weighted by molar-refractivity contribution is 5.75. The molecule has 2 aromatic heterocycles. The molecule has 1 saturated heterocycles.